The van der Waals surface area contributed by atoms with Crippen molar-refractivity contribution in [3.8, 4) is 11.3 Å². The molecule has 1 saturated heterocycles. The van der Waals surface area contributed by atoms with Gasteiger partial charge in [0.05, 0.1) is 12.3 Å². The van der Waals surface area contributed by atoms with Crippen LogP contribution in [-0.4, -0.2) is 69.1 Å². The minimum atomic E-state index is -0.794. The number of carbonyl (C=O) groups excluding carboxylic acids is 3. The highest BCUT2D eigenvalue weighted by atomic mass is 16.5. The molecule has 9 heteroatoms. The van der Waals surface area contributed by atoms with Crippen LogP contribution in [0.2, 0.25) is 0 Å². The molecule has 0 unspecified atom stereocenters. The lowest BCUT2D eigenvalue weighted by Crippen LogP contribution is -2.56. The van der Waals surface area contributed by atoms with Crippen LogP contribution < -0.4 is 5.32 Å². The van der Waals surface area contributed by atoms with Crippen LogP contribution in [0.4, 0.5) is 0 Å². The molecule has 0 bridgehead atoms. The number of likely N-dealkylation sites (tertiary alicyclic amines) is 1. The van der Waals surface area contributed by atoms with E-state index in [-0.39, 0.29) is 43.1 Å². The molecule has 2 aliphatic heterocycles. The number of carbonyl (C=O) groups is 3. The fraction of sp³-hybridized carbons (Fsp3) is 0.429. The minimum absolute atomic E-state index is 0.0705. The van der Waals surface area contributed by atoms with Gasteiger partial charge in [-0.15, -0.1) is 0 Å². The summed E-state index contributed by atoms with van der Waals surface area (Å²) in [6.45, 7) is 4.57. The molecule has 5 rings (SSSR count). The fourth-order valence-electron chi connectivity index (χ4n) is 5.47. The second-order valence-electron chi connectivity index (χ2n) is 10.3. The standard InChI is InChI=1S/C28H32N4O5/c1-17(2)25(32-15-20-5-3-4-6-22(20)27(32)35)28(36)31-16-21(33)13-23(31)26(34)29-14-18-7-9-19(10-8-18)24-11-12-30-37-24/h3,5,7-12,17,21,23,25,33H,4,6,13-16H2,1-2H3,(H,29,34)/t21-,23+,25+/m1/s1. The van der Waals surface area contributed by atoms with Gasteiger partial charge >= 0.3 is 0 Å². The van der Waals surface area contributed by atoms with Gasteiger partial charge < -0.3 is 24.7 Å². The van der Waals surface area contributed by atoms with Gasteiger partial charge in [-0.3, -0.25) is 14.4 Å². The normalized spacial score (nSPS) is 22.1. The molecule has 194 valence electrons. The van der Waals surface area contributed by atoms with Gasteiger partial charge in [0.1, 0.15) is 12.1 Å². The topological polar surface area (TPSA) is 116 Å². The Morgan fingerprint density at radius 2 is 2.00 bits per heavy atom. The second-order valence-corrected chi connectivity index (χ2v) is 10.3. The van der Waals surface area contributed by atoms with Crippen molar-refractivity contribution in [1.29, 1.82) is 0 Å². The van der Waals surface area contributed by atoms with Crippen molar-refractivity contribution in [3.05, 3.63) is 65.4 Å². The Labute approximate surface area is 215 Å². The number of allylic oxidation sites excluding steroid dienone is 1. The number of amides is 3. The lowest BCUT2D eigenvalue weighted by atomic mass is 9.99. The second kappa shape index (κ2) is 10.3. The molecule has 0 radical (unpaired) electrons. The predicted octanol–water partition coefficient (Wildman–Crippen LogP) is 2.43. The highest BCUT2D eigenvalue weighted by Crippen LogP contribution is 2.32. The van der Waals surface area contributed by atoms with E-state index in [1.165, 1.54) is 4.90 Å². The van der Waals surface area contributed by atoms with Crippen LogP contribution in [0.5, 0.6) is 0 Å². The molecule has 1 aliphatic carbocycles. The van der Waals surface area contributed by atoms with Crippen molar-refractivity contribution in [2.24, 2.45) is 5.92 Å². The van der Waals surface area contributed by atoms with Gasteiger partial charge in [-0.1, -0.05) is 55.4 Å². The Hall–Kier alpha value is -3.72. The zero-order valence-corrected chi connectivity index (χ0v) is 21.1. The molecule has 9 nitrogen and oxygen atoms in total. The van der Waals surface area contributed by atoms with Crippen molar-refractivity contribution in [2.45, 2.75) is 57.8 Å². The van der Waals surface area contributed by atoms with Crippen molar-refractivity contribution in [2.75, 3.05) is 13.1 Å². The van der Waals surface area contributed by atoms with Gasteiger partial charge in [-0.25, -0.2) is 0 Å². The number of benzene rings is 1. The molecule has 0 saturated carbocycles. The lowest BCUT2D eigenvalue weighted by Gasteiger charge is -2.35. The molecule has 0 spiro atoms. The lowest BCUT2D eigenvalue weighted by molar-refractivity contribution is -0.148. The van der Waals surface area contributed by atoms with Crippen molar-refractivity contribution in [1.82, 2.24) is 20.3 Å². The van der Waals surface area contributed by atoms with E-state index in [9.17, 15) is 19.5 Å². The molecule has 3 heterocycles. The van der Waals surface area contributed by atoms with Crippen molar-refractivity contribution < 1.29 is 24.0 Å². The third kappa shape index (κ3) is 4.96. The summed E-state index contributed by atoms with van der Waals surface area (Å²) < 4.78 is 5.17. The Bertz CT molecular complexity index is 1230. The van der Waals surface area contributed by atoms with Gasteiger partial charge in [-0.2, -0.15) is 0 Å². The SMILES string of the molecule is CC(C)[C@@H](C(=O)N1C[C@H](O)C[C@H]1C(=O)NCc1ccc(-c2ccno2)cc1)N1CC2=C(CCC=C2)C1=O. The third-order valence-electron chi connectivity index (χ3n) is 7.36. The molecule has 3 aliphatic rings. The molecule has 1 aromatic heterocycles. The summed E-state index contributed by atoms with van der Waals surface area (Å²) >= 11 is 0. The molecule has 1 aromatic carbocycles. The smallest absolute Gasteiger partial charge is 0.251 e. The number of hydrogen-bond acceptors (Lipinski definition) is 6. The van der Waals surface area contributed by atoms with E-state index in [2.05, 4.69) is 16.5 Å². The number of aromatic nitrogens is 1. The molecule has 2 aromatic rings. The van der Waals surface area contributed by atoms with Gasteiger partial charge in [-0.05, 0) is 29.9 Å². The van der Waals surface area contributed by atoms with E-state index >= 15 is 0 Å². The van der Waals surface area contributed by atoms with Crippen molar-refractivity contribution >= 4 is 17.7 Å². The van der Waals surface area contributed by atoms with Crippen molar-refractivity contribution in [3.63, 3.8) is 0 Å². The highest BCUT2D eigenvalue weighted by molar-refractivity contribution is 6.01. The number of hydrogen-bond donors (Lipinski definition) is 2. The first kappa shape index (κ1) is 25.0. The van der Waals surface area contributed by atoms with Crippen LogP contribution in [0, 0.1) is 5.92 Å². The largest absolute Gasteiger partial charge is 0.391 e. The molecule has 1 fully saturated rings. The fourth-order valence-corrected chi connectivity index (χ4v) is 5.47. The van der Waals surface area contributed by atoms with Crippen LogP contribution in [0.3, 0.4) is 0 Å². The molecule has 3 atom stereocenters. The van der Waals surface area contributed by atoms with Crippen LogP contribution in [0.25, 0.3) is 11.3 Å². The van der Waals surface area contributed by atoms with Crippen LogP contribution in [0.1, 0.15) is 38.7 Å². The van der Waals surface area contributed by atoms with E-state index in [1.807, 2.05) is 44.2 Å². The zero-order chi connectivity index (χ0) is 26.1. The van der Waals surface area contributed by atoms with E-state index in [0.29, 0.717) is 18.7 Å². The average Bonchev–Trinajstić information content (AvgIpc) is 3.63. The van der Waals surface area contributed by atoms with E-state index in [1.54, 1.807) is 17.2 Å². The predicted molar refractivity (Wildman–Crippen MR) is 136 cm³/mol. The summed E-state index contributed by atoms with van der Waals surface area (Å²) in [4.78, 5) is 43.2. The monoisotopic (exact) mass is 504 g/mol. The van der Waals surface area contributed by atoms with Crippen LogP contribution in [-0.2, 0) is 20.9 Å². The van der Waals surface area contributed by atoms with Crippen LogP contribution >= 0.6 is 0 Å². The maximum atomic E-state index is 13.8. The van der Waals surface area contributed by atoms with Gasteiger partial charge in [0.2, 0.25) is 11.8 Å². The Kier molecular flexibility index (Phi) is 6.97. The maximum absolute atomic E-state index is 13.8. The van der Waals surface area contributed by atoms with Gasteiger partial charge in [0.25, 0.3) is 5.91 Å². The molecular weight excluding hydrogens is 472 g/mol. The summed E-state index contributed by atoms with van der Waals surface area (Å²) in [6, 6.07) is 7.84. The average molecular weight is 505 g/mol. The molecule has 2 N–H and O–H groups in total. The van der Waals surface area contributed by atoms with Gasteiger partial charge in [0, 0.05) is 43.3 Å². The number of nitrogens with zero attached hydrogens (tertiary/aromatic N) is 3. The van der Waals surface area contributed by atoms with Gasteiger partial charge in [0.15, 0.2) is 5.76 Å². The zero-order valence-electron chi connectivity index (χ0n) is 21.1. The number of aliphatic hydroxyl groups is 1. The highest BCUT2D eigenvalue weighted by Gasteiger charge is 2.46. The summed E-state index contributed by atoms with van der Waals surface area (Å²) in [6.07, 6.45) is 6.50. The summed E-state index contributed by atoms with van der Waals surface area (Å²) in [7, 11) is 0. The first-order valence-corrected chi connectivity index (χ1v) is 12.8. The number of β-amino-alcohol motifs (C(OH)–C–C–N with tert-alkyl or cyclic N) is 1. The van der Waals surface area contributed by atoms with E-state index in [0.717, 1.165) is 28.7 Å². The van der Waals surface area contributed by atoms with Crippen LogP contribution in [0.15, 0.2) is 64.4 Å². The number of nitrogens with one attached hydrogen (secondary N) is 1. The summed E-state index contributed by atoms with van der Waals surface area (Å²) in [5.74, 6) is -0.194. The minimum Gasteiger partial charge on any atom is -0.391 e. The third-order valence-corrected chi connectivity index (χ3v) is 7.36. The number of aliphatic hydroxyl groups excluding tert-OH is 1. The Morgan fingerprint density at radius 1 is 1.22 bits per heavy atom. The van der Waals surface area contributed by atoms with E-state index < -0.39 is 18.2 Å². The summed E-state index contributed by atoms with van der Waals surface area (Å²) in [5, 5.41) is 17.0. The summed E-state index contributed by atoms with van der Waals surface area (Å²) in [5.41, 5.74) is 3.53. The van der Waals surface area contributed by atoms with E-state index in [4.69, 9.17) is 4.52 Å². The number of rotatable bonds is 7. The Balaban J connectivity index is 1.26. The first-order valence-electron chi connectivity index (χ1n) is 12.8. The molecule has 37 heavy (non-hydrogen) atoms. The first-order chi connectivity index (χ1) is 17.8. The quantitative estimate of drug-likeness (QED) is 0.598. The Morgan fingerprint density at radius 3 is 2.68 bits per heavy atom. The molecule has 3 amide bonds. The molecular formula is C28H32N4O5. The maximum Gasteiger partial charge on any atom is 0.251 e.